The molecule has 2 atom stereocenters. The minimum atomic E-state index is -0.756. The fraction of sp³-hybridized carbons (Fsp3) is 0.632. The van der Waals surface area contributed by atoms with E-state index in [0.29, 0.717) is 25.7 Å². The minimum absolute atomic E-state index is 0.0140. The molecule has 1 N–H and O–H groups in total. The Morgan fingerprint density at radius 2 is 2.28 bits per heavy atom. The number of aliphatic carboxylic acids is 1. The van der Waals surface area contributed by atoms with Crippen molar-refractivity contribution in [1.82, 2.24) is 4.90 Å². The summed E-state index contributed by atoms with van der Waals surface area (Å²) in [6.07, 6.45) is 1.22. The van der Waals surface area contributed by atoms with Gasteiger partial charge in [0, 0.05) is 32.2 Å². The first kappa shape index (κ1) is 18.2. The van der Waals surface area contributed by atoms with Gasteiger partial charge >= 0.3 is 5.97 Å². The molecular weight excluding hydrogens is 322 g/mol. The highest BCUT2D eigenvalue weighted by molar-refractivity contribution is 5.66. The van der Waals surface area contributed by atoms with Gasteiger partial charge in [0.15, 0.2) is 0 Å². The van der Waals surface area contributed by atoms with Crippen LogP contribution in [0.3, 0.4) is 0 Å². The van der Waals surface area contributed by atoms with Crippen molar-refractivity contribution in [2.24, 2.45) is 5.92 Å². The molecule has 3 rings (SSSR count). The third kappa shape index (κ3) is 5.17. The number of hydrogen-bond acceptors (Lipinski definition) is 5. The first-order valence-corrected chi connectivity index (χ1v) is 8.98. The monoisotopic (exact) mass is 349 g/mol. The van der Waals surface area contributed by atoms with Crippen LogP contribution in [0.1, 0.15) is 30.1 Å². The quantitative estimate of drug-likeness (QED) is 0.814. The van der Waals surface area contributed by atoms with E-state index in [1.807, 2.05) is 6.07 Å². The molecule has 2 heterocycles. The summed E-state index contributed by atoms with van der Waals surface area (Å²) in [7, 11) is 0. The molecule has 0 aliphatic carbocycles. The van der Waals surface area contributed by atoms with Crippen LogP contribution in [0.25, 0.3) is 0 Å². The van der Waals surface area contributed by atoms with Gasteiger partial charge < -0.3 is 19.3 Å². The summed E-state index contributed by atoms with van der Waals surface area (Å²) in [6, 6.07) is 6.13. The van der Waals surface area contributed by atoms with Crippen LogP contribution < -0.4 is 4.74 Å². The van der Waals surface area contributed by atoms with Crippen molar-refractivity contribution in [2.45, 2.75) is 25.9 Å². The predicted molar refractivity (Wildman–Crippen MR) is 93.0 cm³/mol. The van der Waals surface area contributed by atoms with E-state index in [0.717, 1.165) is 49.6 Å². The molecule has 2 fully saturated rings. The fourth-order valence-corrected chi connectivity index (χ4v) is 3.38. The van der Waals surface area contributed by atoms with Crippen LogP contribution in [-0.2, 0) is 14.3 Å². The fourth-order valence-electron chi connectivity index (χ4n) is 3.38. The Morgan fingerprint density at radius 1 is 1.40 bits per heavy atom. The number of carboxylic acids is 1. The topological polar surface area (TPSA) is 68.2 Å². The van der Waals surface area contributed by atoms with Gasteiger partial charge in [-0.2, -0.15) is 0 Å². The summed E-state index contributed by atoms with van der Waals surface area (Å²) >= 11 is 0. The molecule has 0 radical (unpaired) electrons. The van der Waals surface area contributed by atoms with Crippen LogP contribution in [0.2, 0.25) is 0 Å². The normalized spacial score (nSPS) is 24.4. The molecular formula is C19H27NO5. The molecule has 138 valence electrons. The summed E-state index contributed by atoms with van der Waals surface area (Å²) in [4.78, 5) is 12.9. The molecule has 1 aromatic carbocycles. The molecule has 25 heavy (non-hydrogen) atoms. The molecule has 2 saturated heterocycles. The maximum Gasteiger partial charge on any atom is 0.304 e. The molecule has 6 nitrogen and oxygen atoms in total. The first-order chi connectivity index (χ1) is 12.1. The van der Waals surface area contributed by atoms with Crippen LogP contribution in [-0.4, -0.2) is 62.0 Å². The maximum absolute atomic E-state index is 10.8. The van der Waals surface area contributed by atoms with E-state index in [1.54, 1.807) is 0 Å². The number of nitrogens with zero attached hydrogens (tertiary/aromatic N) is 1. The Kier molecular flexibility index (Phi) is 6.29. The predicted octanol–water partition coefficient (Wildman–Crippen LogP) is 2.26. The summed E-state index contributed by atoms with van der Waals surface area (Å²) in [5.41, 5.74) is 2.29. The van der Waals surface area contributed by atoms with Crippen LogP contribution in [0.4, 0.5) is 0 Å². The van der Waals surface area contributed by atoms with Gasteiger partial charge in [-0.3, -0.25) is 9.69 Å². The highest BCUT2D eigenvalue weighted by Gasteiger charge is 2.24. The second-order valence-corrected chi connectivity index (χ2v) is 6.86. The Morgan fingerprint density at radius 3 is 3.00 bits per heavy atom. The van der Waals surface area contributed by atoms with Crippen molar-refractivity contribution < 1.29 is 24.1 Å². The lowest BCUT2D eigenvalue weighted by molar-refractivity contribution is -0.137. The van der Waals surface area contributed by atoms with E-state index in [2.05, 4.69) is 24.0 Å². The smallest absolute Gasteiger partial charge is 0.304 e. The van der Waals surface area contributed by atoms with E-state index in [-0.39, 0.29) is 12.5 Å². The molecule has 0 amide bonds. The molecule has 0 bridgehead atoms. The lowest BCUT2D eigenvalue weighted by Gasteiger charge is -2.33. The SMILES string of the molecule is Cc1cc(OCC2CCOC2)ccc1C1CN(CCC(=O)O)CCO1. The maximum atomic E-state index is 10.8. The number of benzene rings is 1. The second kappa shape index (κ2) is 8.65. The summed E-state index contributed by atoms with van der Waals surface area (Å²) < 4.78 is 17.2. The Hall–Kier alpha value is -1.63. The van der Waals surface area contributed by atoms with Gasteiger partial charge in [0.1, 0.15) is 5.75 Å². The van der Waals surface area contributed by atoms with Gasteiger partial charge in [-0.25, -0.2) is 0 Å². The summed E-state index contributed by atoms with van der Waals surface area (Å²) in [6.45, 7) is 7.11. The minimum Gasteiger partial charge on any atom is -0.493 e. The Balaban J connectivity index is 1.56. The van der Waals surface area contributed by atoms with E-state index in [4.69, 9.17) is 19.3 Å². The van der Waals surface area contributed by atoms with Gasteiger partial charge in [0.25, 0.3) is 0 Å². The number of carboxylic acid groups (broad SMARTS) is 1. The van der Waals surface area contributed by atoms with E-state index in [9.17, 15) is 4.79 Å². The van der Waals surface area contributed by atoms with Crippen molar-refractivity contribution in [2.75, 3.05) is 46.1 Å². The molecule has 2 aliphatic rings. The third-order valence-corrected chi connectivity index (χ3v) is 4.89. The molecule has 2 unspecified atom stereocenters. The number of aryl methyl sites for hydroxylation is 1. The number of ether oxygens (including phenoxy) is 3. The average molecular weight is 349 g/mol. The van der Waals surface area contributed by atoms with Gasteiger partial charge in [-0.1, -0.05) is 6.07 Å². The van der Waals surface area contributed by atoms with E-state index >= 15 is 0 Å². The number of rotatable bonds is 7. The highest BCUT2D eigenvalue weighted by Crippen LogP contribution is 2.28. The average Bonchev–Trinajstić information content (AvgIpc) is 3.12. The van der Waals surface area contributed by atoms with Crippen LogP contribution >= 0.6 is 0 Å². The number of carbonyl (C=O) groups is 1. The molecule has 0 aromatic heterocycles. The van der Waals surface area contributed by atoms with Crippen molar-refractivity contribution in [3.8, 4) is 5.75 Å². The van der Waals surface area contributed by atoms with Gasteiger partial charge in [-0.15, -0.1) is 0 Å². The lowest BCUT2D eigenvalue weighted by Crippen LogP contribution is -2.39. The van der Waals surface area contributed by atoms with E-state index < -0.39 is 5.97 Å². The zero-order valence-corrected chi connectivity index (χ0v) is 14.8. The van der Waals surface area contributed by atoms with Crippen molar-refractivity contribution >= 4 is 5.97 Å². The first-order valence-electron chi connectivity index (χ1n) is 8.98. The van der Waals surface area contributed by atoms with Crippen LogP contribution in [0, 0.1) is 12.8 Å². The highest BCUT2D eigenvalue weighted by atomic mass is 16.5. The standard InChI is InChI=1S/C19H27NO5/c1-14-10-16(25-13-15-5-8-23-12-15)2-3-17(14)18-11-20(7-9-24-18)6-4-19(21)22/h2-3,10,15,18H,4-9,11-13H2,1H3,(H,21,22). The van der Waals surface area contributed by atoms with Crippen LogP contribution in [0.5, 0.6) is 5.75 Å². The lowest BCUT2D eigenvalue weighted by atomic mass is 10.0. The Labute approximate surface area is 148 Å². The number of hydrogen-bond donors (Lipinski definition) is 1. The van der Waals surface area contributed by atoms with Gasteiger partial charge in [0.2, 0.25) is 0 Å². The van der Waals surface area contributed by atoms with Crippen molar-refractivity contribution in [1.29, 1.82) is 0 Å². The Bertz CT molecular complexity index is 585. The third-order valence-electron chi connectivity index (χ3n) is 4.89. The van der Waals surface area contributed by atoms with Crippen LogP contribution in [0.15, 0.2) is 18.2 Å². The van der Waals surface area contributed by atoms with Gasteiger partial charge in [0.05, 0.1) is 32.3 Å². The van der Waals surface area contributed by atoms with Crippen molar-refractivity contribution in [3.63, 3.8) is 0 Å². The molecule has 1 aromatic rings. The zero-order valence-electron chi connectivity index (χ0n) is 14.8. The summed E-state index contributed by atoms with van der Waals surface area (Å²) in [5, 5.41) is 8.85. The van der Waals surface area contributed by atoms with Gasteiger partial charge in [-0.05, 0) is 36.6 Å². The molecule has 0 saturated carbocycles. The largest absolute Gasteiger partial charge is 0.493 e. The van der Waals surface area contributed by atoms with E-state index in [1.165, 1.54) is 0 Å². The molecule has 6 heteroatoms. The number of morpholine rings is 1. The second-order valence-electron chi connectivity index (χ2n) is 6.86. The zero-order chi connectivity index (χ0) is 17.6. The van der Waals surface area contributed by atoms with Crippen molar-refractivity contribution in [3.05, 3.63) is 29.3 Å². The summed E-state index contributed by atoms with van der Waals surface area (Å²) in [5.74, 6) is 0.615. The molecule has 0 spiro atoms. The molecule has 2 aliphatic heterocycles.